The van der Waals surface area contributed by atoms with Crippen LogP contribution in [0.15, 0.2) is 42.6 Å². The summed E-state index contributed by atoms with van der Waals surface area (Å²) < 4.78 is 29.6. The quantitative estimate of drug-likeness (QED) is 0.371. The van der Waals surface area contributed by atoms with E-state index < -0.39 is 5.92 Å². The molecular weight excluding hydrogens is 440 g/mol. The first kappa shape index (κ1) is 21.7. The molecule has 0 atom stereocenters. The van der Waals surface area contributed by atoms with Crippen LogP contribution in [0.25, 0.3) is 22.0 Å². The average Bonchev–Trinajstić information content (AvgIpc) is 3.14. The van der Waals surface area contributed by atoms with E-state index in [9.17, 15) is 13.6 Å². The summed E-state index contributed by atoms with van der Waals surface area (Å²) in [6.45, 7) is 0.290. The number of fused-ring (bicyclic) bond motifs is 1. The van der Waals surface area contributed by atoms with Crippen molar-refractivity contribution in [2.75, 3.05) is 0 Å². The Morgan fingerprint density at radius 1 is 1.29 bits per heavy atom. The summed E-state index contributed by atoms with van der Waals surface area (Å²) >= 11 is 11.9. The number of thiocarbonyl (C=S) groups is 1. The van der Waals surface area contributed by atoms with E-state index in [-0.39, 0.29) is 18.9 Å². The minimum Gasteiger partial charge on any atom is -0.389 e. The molecule has 1 fully saturated rings. The summed E-state index contributed by atoms with van der Waals surface area (Å²) in [5, 5.41) is 4.07. The van der Waals surface area contributed by atoms with Gasteiger partial charge in [-0.25, -0.2) is 8.78 Å². The standard InChI is InChI=1S/C23H22ClF2N3OS/c24-20-16(11-28-13-30)4-5-18-19(14-2-1-3-15(10-14)22(27)31)12-29(21(18)20)17-6-8-23(25,26)9-7-17/h1-5,10,12-13,17H,6-9,11H2,(H2,27,31)(H,28,30). The Hall–Kier alpha value is -2.51. The van der Waals surface area contributed by atoms with E-state index in [4.69, 9.17) is 29.6 Å². The normalized spacial score (nSPS) is 16.4. The SMILES string of the molecule is NC(=S)c1cccc(-c2cn(C3CCC(F)(F)CC3)c3c(Cl)c(CNC=O)ccc23)c1. The molecule has 31 heavy (non-hydrogen) atoms. The van der Waals surface area contributed by atoms with Crippen molar-refractivity contribution in [3.63, 3.8) is 0 Å². The number of halogens is 3. The fraction of sp³-hybridized carbons (Fsp3) is 0.304. The molecule has 4 nitrogen and oxygen atoms in total. The Balaban J connectivity index is 1.88. The molecule has 0 saturated heterocycles. The van der Waals surface area contributed by atoms with Crippen LogP contribution in [0, 0.1) is 0 Å². The Morgan fingerprint density at radius 2 is 2.03 bits per heavy atom. The van der Waals surface area contributed by atoms with Crippen molar-refractivity contribution in [2.24, 2.45) is 5.73 Å². The molecule has 1 aliphatic rings. The van der Waals surface area contributed by atoms with Crippen LogP contribution in [0.1, 0.15) is 42.9 Å². The fourth-order valence-electron chi connectivity index (χ4n) is 4.30. The van der Waals surface area contributed by atoms with Crippen LogP contribution >= 0.6 is 23.8 Å². The van der Waals surface area contributed by atoms with E-state index in [1.807, 2.05) is 47.2 Å². The summed E-state index contributed by atoms with van der Waals surface area (Å²) in [5.74, 6) is -2.61. The fourth-order valence-corrected chi connectivity index (χ4v) is 4.75. The highest BCUT2D eigenvalue weighted by Gasteiger charge is 2.36. The molecule has 0 spiro atoms. The first-order valence-electron chi connectivity index (χ1n) is 10.1. The lowest BCUT2D eigenvalue weighted by molar-refractivity contribution is -0.109. The number of carbonyl (C=O) groups excluding carboxylic acids is 1. The highest BCUT2D eigenvalue weighted by atomic mass is 35.5. The number of nitrogens with zero attached hydrogens (tertiary/aromatic N) is 1. The van der Waals surface area contributed by atoms with Crippen LogP contribution in [0.2, 0.25) is 5.02 Å². The zero-order chi connectivity index (χ0) is 22.2. The second-order valence-corrected chi connectivity index (χ2v) is 8.73. The first-order valence-corrected chi connectivity index (χ1v) is 10.9. The highest BCUT2D eigenvalue weighted by Crippen LogP contribution is 2.44. The lowest BCUT2D eigenvalue weighted by atomic mass is 9.92. The smallest absolute Gasteiger partial charge is 0.248 e. The Labute approximate surface area is 189 Å². The first-order chi connectivity index (χ1) is 14.8. The van der Waals surface area contributed by atoms with Gasteiger partial charge in [0.25, 0.3) is 0 Å². The number of aromatic nitrogens is 1. The number of amides is 1. The molecule has 0 bridgehead atoms. The molecule has 162 valence electrons. The molecule has 0 unspecified atom stereocenters. The zero-order valence-corrected chi connectivity index (χ0v) is 18.3. The Morgan fingerprint density at radius 3 is 2.71 bits per heavy atom. The molecule has 1 amide bonds. The number of hydrogen-bond acceptors (Lipinski definition) is 2. The molecule has 3 N–H and O–H groups in total. The van der Waals surface area contributed by atoms with E-state index in [1.54, 1.807) is 0 Å². The van der Waals surface area contributed by atoms with Gasteiger partial charge in [0.15, 0.2) is 0 Å². The number of alkyl halides is 2. The van der Waals surface area contributed by atoms with Crippen molar-refractivity contribution in [1.82, 2.24) is 9.88 Å². The third kappa shape index (κ3) is 4.29. The highest BCUT2D eigenvalue weighted by molar-refractivity contribution is 7.80. The van der Waals surface area contributed by atoms with E-state index >= 15 is 0 Å². The van der Waals surface area contributed by atoms with Crippen molar-refractivity contribution in [3.05, 3.63) is 58.7 Å². The summed E-state index contributed by atoms with van der Waals surface area (Å²) in [7, 11) is 0. The van der Waals surface area contributed by atoms with Crippen LogP contribution in [-0.2, 0) is 11.3 Å². The number of benzene rings is 2. The maximum Gasteiger partial charge on any atom is 0.248 e. The van der Waals surface area contributed by atoms with Gasteiger partial charge in [0, 0.05) is 48.1 Å². The zero-order valence-electron chi connectivity index (χ0n) is 16.7. The lowest BCUT2D eigenvalue weighted by Crippen LogP contribution is -2.26. The van der Waals surface area contributed by atoms with Crippen molar-refractivity contribution < 1.29 is 13.6 Å². The predicted molar refractivity (Wildman–Crippen MR) is 124 cm³/mol. The lowest BCUT2D eigenvalue weighted by Gasteiger charge is -2.30. The number of nitrogens with two attached hydrogens (primary N) is 1. The van der Waals surface area contributed by atoms with Crippen molar-refractivity contribution in [1.29, 1.82) is 0 Å². The van der Waals surface area contributed by atoms with Gasteiger partial charge in [0.05, 0.1) is 10.5 Å². The maximum atomic E-state index is 13.8. The van der Waals surface area contributed by atoms with Gasteiger partial charge < -0.3 is 15.6 Å². The van der Waals surface area contributed by atoms with Gasteiger partial charge in [-0.3, -0.25) is 4.79 Å². The third-order valence-corrected chi connectivity index (χ3v) is 6.58. The molecule has 4 rings (SSSR count). The van der Waals surface area contributed by atoms with Crippen LogP contribution in [0.3, 0.4) is 0 Å². The molecule has 0 radical (unpaired) electrons. The van der Waals surface area contributed by atoms with Gasteiger partial charge in [0.2, 0.25) is 12.3 Å². The van der Waals surface area contributed by atoms with Gasteiger partial charge in [-0.1, -0.05) is 54.2 Å². The molecule has 1 aromatic heterocycles. The predicted octanol–water partition coefficient (Wildman–Crippen LogP) is 5.59. The number of carbonyl (C=O) groups is 1. The van der Waals surface area contributed by atoms with E-state index in [2.05, 4.69) is 5.32 Å². The van der Waals surface area contributed by atoms with Gasteiger partial charge in [0.1, 0.15) is 4.99 Å². The Kier molecular flexibility index (Phi) is 5.99. The molecule has 3 aromatic rings. The molecule has 1 saturated carbocycles. The van der Waals surface area contributed by atoms with E-state index in [1.165, 1.54) is 0 Å². The number of nitrogens with one attached hydrogen (secondary N) is 1. The second kappa shape index (κ2) is 8.55. The van der Waals surface area contributed by atoms with Gasteiger partial charge in [-0.05, 0) is 30.0 Å². The second-order valence-electron chi connectivity index (χ2n) is 7.92. The van der Waals surface area contributed by atoms with E-state index in [0.29, 0.717) is 35.8 Å². The van der Waals surface area contributed by atoms with Crippen LogP contribution in [-0.4, -0.2) is 21.9 Å². The monoisotopic (exact) mass is 461 g/mol. The van der Waals surface area contributed by atoms with Crippen molar-refractivity contribution in [3.8, 4) is 11.1 Å². The largest absolute Gasteiger partial charge is 0.389 e. The van der Waals surface area contributed by atoms with Crippen LogP contribution in [0.4, 0.5) is 8.78 Å². The molecular formula is C23H22ClF2N3OS. The average molecular weight is 462 g/mol. The summed E-state index contributed by atoms with van der Waals surface area (Å²) in [4.78, 5) is 11.1. The Bertz CT molecular complexity index is 1150. The minimum atomic E-state index is -2.61. The summed E-state index contributed by atoms with van der Waals surface area (Å²) in [6, 6.07) is 11.4. The topological polar surface area (TPSA) is 60.0 Å². The number of rotatable bonds is 6. The molecule has 0 aliphatic heterocycles. The van der Waals surface area contributed by atoms with Crippen LogP contribution < -0.4 is 11.1 Å². The molecule has 2 aromatic carbocycles. The van der Waals surface area contributed by atoms with Crippen molar-refractivity contribution >= 4 is 46.1 Å². The molecule has 1 aliphatic carbocycles. The van der Waals surface area contributed by atoms with Crippen molar-refractivity contribution in [2.45, 2.75) is 44.2 Å². The van der Waals surface area contributed by atoms with Crippen LogP contribution in [0.5, 0.6) is 0 Å². The van der Waals surface area contributed by atoms with Gasteiger partial charge >= 0.3 is 0 Å². The molecule has 8 heteroatoms. The third-order valence-electron chi connectivity index (χ3n) is 5.93. The van der Waals surface area contributed by atoms with E-state index in [0.717, 1.165) is 33.2 Å². The maximum absolute atomic E-state index is 13.8. The van der Waals surface area contributed by atoms with Gasteiger partial charge in [-0.2, -0.15) is 0 Å². The number of hydrogen-bond donors (Lipinski definition) is 2. The summed E-state index contributed by atoms with van der Waals surface area (Å²) in [5.41, 5.74) is 9.98. The minimum absolute atomic E-state index is 0.0820. The summed E-state index contributed by atoms with van der Waals surface area (Å²) in [6.07, 6.45) is 3.06. The molecule has 1 heterocycles. The van der Waals surface area contributed by atoms with Gasteiger partial charge in [-0.15, -0.1) is 0 Å².